The van der Waals surface area contributed by atoms with E-state index in [0.29, 0.717) is 13.1 Å². The third-order valence-corrected chi connectivity index (χ3v) is 3.69. The fourth-order valence-electron chi connectivity index (χ4n) is 2.34. The Morgan fingerprint density at radius 2 is 1.73 bits per heavy atom. The number of nitrogens with one attached hydrogen (secondary N) is 1. The van der Waals surface area contributed by atoms with E-state index < -0.39 is 12.5 Å². The van der Waals surface area contributed by atoms with Gasteiger partial charge in [0.2, 0.25) is 5.91 Å². The van der Waals surface area contributed by atoms with Crippen LogP contribution in [0.2, 0.25) is 0 Å². The van der Waals surface area contributed by atoms with Crippen LogP contribution in [-0.2, 0) is 11.3 Å². The van der Waals surface area contributed by atoms with Crippen molar-refractivity contribution in [2.75, 3.05) is 13.1 Å². The predicted molar refractivity (Wildman–Crippen MR) is 92.9 cm³/mol. The van der Waals surface area contributed by atoms with Crippen molar-refractivity contribution in [3.05, 3.63) is 65.7 Å². The van der Waals surface area contributed by atoms with Crippen LogP contribution in [0, 0.1) is 0 Å². The molecule has 2 rings (SSSR count). The highest BCUT2D eigenvalue weighted by molar-refractivity contribution is 5.96. The van der Waals surface area contributed by atoms with Crippen LogP contribution in [0.3, 0.4) is 0 Å². The topological polar surface area (TPSA) is 58.6 Å². The second-order valence-corrected chi connectivity index (χ2v) is 5.48. The molecule has 0 aliphatic heterocycles. The van der Waals surface area contributed by atoms with Crippen molar-refractivity contribution in [3.63, 3.8) is 0 Å². The van der Waals surface area contributed by atoms with Gasteiger partial charge in [0.1, 0.15) is 5.75 Å². The van der Waals surface area contributed by atoms with Gasteiger partial charge >= 0.3 is 6.61 Å². The third-order valence-electron chi connectivity index (χ3n) is 3.69. The molecule has 0 aliphatic carbocycles. The molecule has 0 fully saturated rings. The van der Waals surface area contributed by atoms with Crippen LogP contribution in [0.4, 0.5) is 8.78 Å². The van der Waals surface area contributed by atoms with E-state index in [0.717, 1.165) is 5.56 Å². The summed E-state index contributed by atoms with van der Waals surface area (Å²) in [6.45, 7) is -0.217. The fraction of sp³-hybridized carbons (Fsp3) is 0.263. The second kappa shape index (κ2) is 9.50. The average Bonchev–Trinajstić information content (AvgIpc) is 2.65. The lowest BCUT2D eigenvalue weighted by Crippen LogP contribution is -2.39. The van der Waals surface area contributed by atoms with Crippen molar-refractivity contribution in [2.24, 2.45) is 0 Å². The minimum atomic E-state index is -2.92. The van der Waals surface area contributed by atoms with Crippen LogP contribution in [0.25, 0.3) is 0 Å². The molecule has 2 aromatic carbocycles. The number of halogens is 2. The van der Waals surface area contributed by atoms with E-state index in [9.17, 15) is 18.4 Å². The summed E-state index contributed by atoms with van der Waals surface area (Å²) in [4.78, 5) is 26.0. The molecule has 2 aromatic rings. The number of rotatable bonds is 8. The molecule has 0 aliphatic rings. The van der Waals surface area contributed by atoms with Crippen molar-refractivity contribution in [2.45, 2.75) is 20.1 Å². The molecule has 138 valence electrons. The van der Waals surface area contributed by atoms with Gasteiger partial charge in [-0.05, 0) is 36.8 Å². The maximum Gasteiger partial charge on any atom is 0.387 e. The molecule has 7 heteroatoms. The molecule has 0 bridgehead atoms. The lowest BCUT2D eigenvalue weighted by atomic mass is 10.2. The number of hydrogen-bond acceptors (Lipinski definition) is 3. The minimum Gasteiger partial charge on any atom is -0.435 e. The molecule has 0 unspecified atom stereocenters. The number of amides is 2. The molecular weight excluding hydrogens is 342 g/mol. The van der Waals surface area contributed by atoms with Gasteiger partial charge in [-0.2, -0.15) is 8.78 Å². The first-order valence-corrected chi connectivity index (χ1v) is 8.14. The summed E-state index contributed by atoms with van der Waals surface area (Å²) in [6.07, 6.45) is 0. The highest BCUT2D eigenvalue weighted by Crippen LogP contribution is 2.14. The van der Waals surface area contributed by atoms with Gasteiger partial charge in [0.05, 0.1) is 6.54 Å². The van der Waals surface area contributed by atoms with Crippen molar-refractivity contribution in [1.29, 1.82) is 0 Å². The summed E-state index contributed by atoms with van der Waals surface area (Å²) in [5.74, 6) is -0.701. The minimum absolute atomic E-state index is 0.0346. The molecule has 0 heterocycles. The van der Waals surface area contributed by atoms with Gasteiger partial charge in [0, 0.05) is 18.7 Å². The van der Waals surface area contributed by atoms with Gasteiger partial charge in [-0.15, -0.1) is 0 Å². The van der Waals surface area contributed by atoms with Gasteiger partial charge in [-0.1, -0.05) is 30.3 Å². The summed E-state index contributed by atoms with van der Waals surface area (Å²) < 4.78 is 28.4. The highest BCUT2D eigenvalue weighted by Gasteiger charge is 2.14. The Labute approximate surface area is 150 Å². The number of ether oxygens (including phenoxy) is 1. The predicted octanol–water partition coefficient (Wildman–Crippen LogP) is 3.07. The molecule has 26 heavy (non-hydrogen) atoms. The highest BCUT2D eigenvalue weighted by atomic mass is 19.3. The SMILES string of the molecule is CCN(Cc1ccccc1)C(=O)CNC(=O)c1ccc(OC(F)F)cc1. The van der Waals surface area contributed by atoms with E-state index >= 15 is 0 Å². The van der Waals surface area contributed by atoms with Crippen molar-refractivity contribution >= 4 is 11.8 Å². The van der Waals surface area contributed by atoms with Crippen molar-refractivity contribution in [1.82, 2.24) is 10.2 Å². The van der Waals surface area contributed by atoms with Crippen molar-refractivity contribution in [3.8, 4) is 5.75 Å². The third kappa shape index (κ3) is 5.84. The molecule has 2 amide bonds. The van der Waals surface area contributed by atoms with Crippen LogP contribution in [0.5, 0.6) is 5.75 Å². The first kappa shape index (κ1) is 19.4. The Kier molecular flexibility index (Phi) is 7.08. The number of hydrogen-bond donors (Lipinski definition) is 1. The second-order valence-electron chi connectivity index (χ2n) is 5.48. The first-order chi connectivity index (χ1) is 12.5. The molecular formula is C19H20F2N2O3. The lowest BCUT2D eigenvalue weighted by molar-refractivity contribution is -0.130. The van der Waals surface area contributed by atoms with E-state index in [-0.39, 0.29) is 23.8 Å². The standard InChI is InChI=1S/C19H20F2N2O3/c1-2-23(13-14-6-4-3-5-7-14)17(24)12-22-18(25)15-8-10-16(11-9-15)26-19(20)21/h3-11,19H,2,12-13H2,1H3,(H,22,25). The first-order valence-electron chi connectivity index (χ1n) is 8.14. The van der Waals surface area contributed by atoms with Crippen LogP contribution < -0.4 is 10.1 Å². The lowest BCUT2D eigenvalue weighted by Gasteiger charge is -2.21. The monoisotopic (exact) mass is 362 g/mol. The summed E-state index contributed by atoms with van der Waals surface area (Å²) in [5.41, 5.74) is 1.26. The Balaban J connectivity index is 1.87. The molecule has 0 spiro atoms. The molecule has 0 radical (unpaired) electrons. The molecule has 0 saturated heterocycles. The van der Waals surface area contributed by atoms with Gasteiger partial charge < -0.3 is 15.0 Å². The van der Waals surface area contributed by atoms with Crippen LogP contribution in [0.1, 0.15) is 22.8 Å². The summed E-state index contributed by atoms with van der Waals surface area (Å²) in [5, 5.41) is 2.54. The normalized spacial score (nSPS) is 10.5. The van der Waals surface area contributed by atoms with Gasteiger partial charge in [0.15, 0.2) is 0 Å². The maximum absolute atomic E-state index is 12.3. The fourth-order valence-corrected chi connectivity index (χ4v) is 2.34. The number of nitrogens with zero attached hydrogens (tertiary/aromatic N) is 1. The van der Waals surface area contributed by atoms with Gasteiger partial charge in [-0.3, -0.25) is 9.59 Å². The number of benzene rings is 2. The van der Waals surface area contributed by atoms with E-state index in [2.05, 4.69) is 10.1 Å². The Morgan fingerprint density at radius 3 is 2.31 bits per heavy atom. The van der Waals surface area contributed by atoms with Crippen molar-refractivity contribution < 1.29 is 23.1 Å². The Morgan fingerprint density at radius 1 is 1.08 bits per heavy atom. The zero-order valence-corrected chi connectivity index (χ0v) is 14.3. The van der Waals surface area contributed by atoms with E-state index in [1.165, 1.54) is 24.3 Å². The van der Waals surface area contributed by atoms with E-state index in [1.807, 2.05) is 37.3 Å². The van der Waals surface area contributed by atoms with E-state index in [1.54, 1.807) is 4.90 Å². The summed E-state index contributed by atoms with van der Waals surface area (Å²) in [7, 11) is 0. The molecule has 0 atom stereocenters. The molecule has 5 nitrogen and oxygen atoms in total. The smallest absolute Gasteiger partial charge is 0.387 e. The van der Waals surface area contributed by atoms with Crippen LogP contribution in [-0.4, -0.2) is 36.4 Å². The zero-order chi connectivity index (χ0) is 18.9. The largest absolute Gasteiger partial charge is 0.435 e. The number of carbonyl (C=O) groups excluding carboxylic acids is 2. The Hall–Kier alpha value is -2.96. The number of likely N-dealkylation sites (N-methyl/N-ethyl adjacent to an activating group) is 1. The van der Waals surface area contributed by atoms with E-state index in [4.69, 9.17) is 0 Å². The average molecular weight is 362 g/mol. The van der Waals surface area contributed by atoms with Gasteiger partial charge in [0.25, 0.3) is 5.91 Å². The zero-order valence-electron chi connectivity index (χ0n) is 14.3. The number of carbonyl (C=O) groups is 2. The molecule has 0 saturated carbocycles. The quantitative estimate of drug-likeness (QED) is 0.785. The molecule has 1 N–H and O–H groups in total. The van der Waals surface area contributed by atoms with Gasteiger partial charge in [-0.25, -0.2) is 0 Å². The Bertz CT molecular complexity index is 721. The van der Waals surface area contributed by atoms with Crippen LogP contribution >= 0.6 is 0 Å². The maximum atomic E-state index is 12.3. The summed E-state index contributed by atoms with van der Waals surface area (Å²) >= 11 is 0. The van der Waals surface area contributed by atoms with Crippen LogP contribution in [0.15, 0.2) is 54.6 Å². The molecule has 0 aromatic heterocycles. The summed E-state index contributed by atoms with van der Waals surface area (Å²) in [6, 6.07) is 14.8. The number of alkyl halides is 2.